The van der Waals surface area contributed by atoms with Crippen molar-refractivity contribution in [3.05, 3.63) is 139 Å². The fraction of sp³-hybridized carbons (Fsp3) is 0. The summed E-state index contributed by atoms with van der Waals surface area (Å²) >= 11 is 0. The van der Waals surface area contributed by atoms with Gasteiger partial charge in [-0.2, -0.15) is 0 Å². The Morgan fingerprint density at radius 3 is 1.31 bits per heavy atom. The quantitative estimate of drug-likeness (QED) is 0.205. The fourth-order valence-electron chi connectivity index (χ4n) is 2.97. The number of benzene rings is 3. The molecule has 2 heterocycles. The average Bonchev–Trinajstić information content (AvgIpc) is 2.87. The SMILES string of the molecule is [Ni+2].[c-]1c(-c2ccccn2)cccc1-c1ccccn1.c1ccc([N-]c2ccccc2)cc1. The molecule has 32 heavy (non-hydrogen) atoms. The van der Waals surface area contributed by atoms with E-state index in [9.17, 15) is 0 Å². The molecule has 3 nitrogen and oxygen atoms in total. The summed E-state index contributed by atoms with van der Waals surface area (Å²) < 4.78 is 0. The molecule has 0 aliphatic rings. The number of pyridine rings is 2. The van der Waals surface area contributed by atoms with Gasteiger partial charge in [0.1, 0.15) is 0 Å². The Bertz CT molecular complexity index is 1090. The monoisotopic (exact) mass is 457 g/mol. The van der Waals surface area contributed by atoms with Crippen LogP contribution in [-0.4, -0.2) is 9.97 Å². The van der Waals surface area contributed by atoms with Crippen LogP contribution in [0.1, 0.15) is 0 Å². The Labute approximate surface area is 199 Å². The first-order chi connectivity index (χ1) is 15.4. The van der Waals surface area contributed by atoms with Crippen LogP contribution in [0.2, 0.25) is 0 Å². The molecule has 0 aliphatic carbocycles. The van der Waals surface area contributed by atoms with Crippen molar-refractivity contribution in [2.24, 2.45) is 0 Å². The minimum Gasteiger partial charge on any atom is -0.658 e. The molecule has 0 atom stereocenters. The van der Waals surface area contributed by atoms with Crippen molar-refractivity contribution in [2.45, 2.75) is 0 Å². The average molecular weight is 458 g/mol. The molecule has 2 aromatic heterocycles. The van der Waals surface area contributed by atoms with Gasteiger partial charge < -0.3 is 5.32 Å². The van der Waals surface area contributed by atoms with E-state index in [0.29, 0.717) is 0 Å². The molecule has 0 fully saturated rings. The minimum absolute atomic E-state index is 0. The fourth-order valence-corrected chi connectivity index (χ4v) is 2.97. The van der Waals surface area contributed by atoms with Crippen molar-refractivity contribution in [2.75, 3.05) is 0 Å². The smallest absolute Gasteiger partial charge is 0.658 e. The number of nitrogens with zero attached hydrogens (tertiary/aromatic N) is 3. The van der Waals surface area contributed by atoms with E-state index < -0.39 is 0 Å². The van der Waals surface area contributed by atoms with Crippen molar-refractivity contribution in [3.8, 4) is 22.5 Å². The molecule has 0 N–H and O–H groups in total. The third-order valence-electron chi connectivity index (χ3n) is 4.45. The van der Waals surface area contributed by atoms with E-state index in [2.05, 4.69) is 21.4 Å². The third-order valence-corrected chi connectivity index (χ3v) is 4.45. The maximum Gasteiger partial charge on any atom is 2.00 e. The Morgan fingerprint density at radius 1 is 0.469 bits per heavy atom. The van der Waals surface area contributed by atoms with Gasteiger partial charge in [-0.1, -0.05) is 96.1 Å². The van der Waals surface area contributed by atoms with Gasteiger partial charge in [-0.25, -0.2) is 0 Å². The first-order valence-corrected chi connectivity index (χ1v) is 10.1. The predicted octanol–water partition coefficient (Wildman–Crippen LogP) is 7.63. The Hall–Kier alpha value is -3.75. The second-order valence-corrected chi connectivity index (χ2v) is 6.69. The summed E-state index contributed by atoms with van der Waals surface area (Å²) in [5.41, 5.74) is 5.81. The summed E-state index contributed by atoms with van der Waals surface area (Å²) in [4.78, 5) is 8.66. The normalized spacial score (nSPS) is 9.62. The van der Waals surface area contributed by atoms with Gasteiger partial charge in [-0.3, -0.25) is 9.97 Å². The predicted molar refractivity (Wildman–Crippen MR) is 127 cm³/mol. The minimum atomic E-state index is 0. The van der Waals surface area contributed by atoms with E-state index in [1.54, 1.807) is 12.4 Å². The number of para-hydroxylation sites is 2. The summed E-state index contributed by atoms with van der Waals surface area (Å²) in [6.45, 7) is 0. The largest absolute Gasteiger partial charge is 2.00 e. The summed E-state index contributed by atoms with van der Waals surface area (Å²) in [6, 6.07) is 41.0. The third kappa shape index (κ3) is 6.63. The molecule has 5 aromatic rings. The molecule has 3 aromatic carbocycles. The molecule has 0 saturated carbocycles. The molecule has 0 saturated heterocycles. The van der Waals surface area contributed by atoms with Crippen LogP contribution in [0.5, 0.6) is 0 Å². The van der Waals surface area contributed by atoms with Gasteiger partial charge in [0.2, 0.25) is 0 Å². The first-order valence-electron chi connectivity index (χ1n) is 10.1. The van der Waals surface area contributed by atoms with Crippen molar-refractivity contribution < 1.29 is 16.5 Å². The van der Waals surface area contributed by atoms with Crippen LogP contribution in [0.3, 0.4) is 0 Å². The molecule has 158 valence electrons. The zero-order valence-corrected chi connectivity index (χ0v) is 18.3. The van der Waals surface area contributed by atoms with Crippen LogP contribution < -0.4 is 0 Å². The topological polar surface area (TPSA) is 39.9 Å². The second-order valence-electron chi connectivity index (χ2n) is 6.69. The van der Waals surface area contributed by atoms with Crippen LogP contribution in [0.4, 0.5) is 11.4 Å². The first kappa shape index (κ1) is 22.9. The molecule has 0 bridgehead atoms. The van der Waals surface area contributed by atoms with Crippen molar-refractivity contribution in [3.63, 3.8) is 0 Å². The maximum atomic E-state index is 4.44. The van der Waals surface area contributed by atoms with Crippen LogP contribution >= 0.6 is 0 Å². The summed E-state index contributed by atoms with van der Waals surface area (Å²) in [5, 5.41) is 4.44. The van der Waals surface area contributed by atoms with E-state index >= 15 is 0 Å². The molecule has 0 radical (unpaired) electrons. The van der Waals surface area contributed by atoms with Crippen LogP contribution in [0, 0.1) is 6.07 Å². The Kier molecular flexibility index (Phi) is 8.73. The molecule has 5 rings (SSSR count). The van der Waals surface area contributed by atoms with Crippen molar-refractivity contribution >= 4 is 11.4 Å². The zero-order valence-electron chi connectivity index (χ0n) is 17.3. The van der Waals surface area contributed by atoms with Gasteiger partial charge >= 0.3 is 16.5 Å². The number of aromatic nitrogens is 2. The van der Waals surface area contributed by atoms with Gasteiger partial charge in [0.05, 0.1) is 0 Å². The maximum absolute atomic E-state index is 4.44. The molecule has 0 aliphatic heterocycles. The molecular formula is C28H21N3Ni. The summed E-state index contributed by atoms with van der Waals surface area (Å²) in [7, 11) is 0. The number of hydrogen-bond donors (Lipinski definition) is 0. The van der Waals surface area contributed by atoms with Gasteiger partial charge in [-0.05, 0) is 12.1 Å². The number of hydrogen-bond acceptors (Lipinski definition) is 2. The second kappa shape index (κ2) is 12.2. The zero-order chi connectivity index (χ0) is 21.1. The van der Waals surface area contributed by atoms with Crippen LogP contribution in [0.15, 0.2) is 128 Å². The molecule has 0 spiro atoms. The molecule has 0 unspecified atom stereocenters. The summed E-state index contributed by atoms with van der Waals surface area (Å²) in [6.07, 6.45) is 3.58. The van der Waals surface area contributed by atoms with E-state index in [1.807, 2.05) is 115 Å². The van der Waals surface area contributed by atoms with Gasteiger partial charge in [0.15, 0.2) is 0 Å². The van der Waals surface area contributed by atoms with Crippen molar-refractivity contribution in [1.29, 1.82) is 0 Å². The molecule has 4 heteroatoms. The van der Waals surface area contributed by atoms with Crippen LogP contribution in [-0.2, 0) is 16.5 Å². The summed E-state index contributed by atoms with van der Waals surface area (Å²) in [5.74, 6) is 0. The molecular weight excluding hydrogens is 437 g/mol. The van der Waals surface area contributed by atoms with E-state index in [4.69, 9.17) is 0 Å². The van der Waals surface area contributed by atoms with Crippen LogP contribution in [0.25, 0.3) is 27.8 Å². The Balaban J connectivity index is 0.000000184. The van der Waals surface area contributed by atoms with Gasteiger partial charge in [0, 0.05) is 23.8 Å². The van der Waals surface area contributed by atoms with Crippen molar-refractivity contribution in [1.82, 2.24) is 9.97 Å². The van der Waals surface area contributed by atoms with Gasteiger partial charge in [0.25, 0.3) is 0 Å². The van der Waals surface area contributed by atoms with E-state index in [1.165, 1.54) is 0 Å². The van der Waals surface area contributed by atoms with E-state index in [0.717, 1.165) is 33.9 Å². The van der Waals surface area contributed by atoms with E-state index in [-0.39, 0.29) is 16.5 Å². The standard InChI is InChI=1S/C16H11N2.C12H10N.Ni/c1-3-10-17-15(8-1)13-6-5-7-14(12-13)16-9-2-4-11-18-16;1-3-7-11(8-4-1)13-12-9-5-2-6-10-12;/h1-11H;1-10H;/q2*-1;+2. The molecule has 0 amide bonds. The van der Waals surface area contributed by atoms with Gasteiger partial charge in [-0.15, -0.1) is 35.6 Å². The Morgan fingerprint density at radius 2 is 0.906 bits per heavy atom. The number of rotatable bonds is 4.